The SMILES string of the molecule is C#CC(CCC)Nc1cc(Cl)nc(C(F)(F)F)n1. The maximum absolute atomic E-state index is 12.5. The number of anilines is 1. The summed E-state index contributed by atoms with van der Waals surface area (Å²) in [6, 6.07) is 0.818. The summed E-state index contributed by atoms with van der Waals surface area (Å²) in [5, 5.41) is 2.43. The average molecular weight is 278 g/mol. The third-order valence-corrected chi connectivity index (χ3v) is 2.24. The van der Waals surface area contributed by atoms with Crippen molar-refractivity contribution in [2.24, 2.45) is 0 Å². The summed E-state index contributed by atoms with van der Waals surface area (Å²) in [6.45, 7) is 1.92. The molecule has 1 aromatic rings. The lowest BCUT2D eigenvalue weighted by Gasteiger charge is -2.14. The fraction of sp³-hybridized carbons (Fsp3) is 0.455. The summed E-state index contributed by atoms with van der Waals surface area (Å²) < 4.78 is 37.4. The highest BCUT2D eigenvalue weighted by atomic mass is 35.5. The number of alkyl halides is 3. The Kier molecular flexibility index (Phi) is 4.79. The smallest absolute Gasteiger partial charge is 0.356 e. The van der Waals surface area contributed by atoms with E-state index in [1.54, 1.807) is 0 Å². The van der Waals surface area contributed by atoms with Crippen LogP contribution in [0, 0.1) is 12.3 Å². The lowest BCUT2D eigenvalue weighted by Crippen LogP contribution is -2.20. The number of rotatable bonds is 4. The van der Waals surface area contributed by atoms with Crippen LogP contribution in [0.25, 0.3) is 0 Å². The first-order chi connectivity index (χ1) is 8.36. The van der Waals surface area contributed by atoms with Gasteiger partial charge in [0.15, 0.2) is 0 Å². The zero-order valence-corrected chi connectivity index (χ0v) is 10.3. The summed E-state index contributed by atoms with van der Waals surface area (Å²) in [5.74, 6) is 1.12. The highest BCUT2D eigenvalue weighted by Gasteiger charge is 2.35. The molecule has 0 aliphatic heterocycles. The highest BCUT2D eigenvalue weighted by molar-refractivity contribution is 6.29. The molecule has 1 rings (SSSR count). The van der Waals surface area contributed by atoms with Gasteiger partial charge in [-0.15, -0.1) is 6.42 Å². The molecular formula is C11H11ClF3N3. The Bertz CT molecular complexity index is 454. The standard InChI is InChI=1S/C11H11ClF3N3/c1-3-5-7(4-2)16-9-6-8(12)17-10(18-9)11(13,14)15/h2,6-7H,3,5H2,1H3,(H,16,17,18). The molecular weight excluding hydrogens is 267 g/mol. The van der Waals surface area contributed by atoms with E-state index in [4.69, 9.17) is 18.0 Å². The Hall–Kier alpha value is -1.48. The van der Waals surface area contributed by atoms with Crippen LogP contribution in [0.2, 0.25) is 5.15 Å². The molecule has 1 aromatic heterocycles. The number of halogens is 4. The summed E-state index contributed by atoms with van der Waals surface area (Å²) in [7, 11) is 0. The second-order valence-electron chi connectivity index (χ2n) is 3.55. The number of hydrogen-bond acceptors (Lipinski definition) is 3. The van der Waals surface area contributed by atoms with Gasteiger partial charge in [0.1, 0.15) is 11.0 Å². The zero-order valence-electron chi connectivity index (χ0n) is 9.55. The van der Waals surface area contributed by atoms with Crippen molar-refractivity contribution in [2.45, 2.75) is 32.0 Å². The zero-order chi connectivity index (χ0) is 13.8. The van der Waals surface area contributed by atoms with Crippen molar-refractivity contribution in [3.8, 4) is 12.3 Å². The van der Waals surface area contributed by atoms with E-state index in [0.29, 0.717) is 6.42 Å². The molecule has 1 unspecified atom stereocenters. The van der Waals surface area contributed by atoms with Gasteiger partial charge in [-0.1, -0.05) is 30.9 Å². The van der Waals surface area contributed by atoms with Gasteiger partial charge in [0, 0.05) is 6.07 Å². The maximum atomic E-state index is 12.5. The minimum atomic E-state index is -4.64. The molecule has 0 spiro atoms. The molecule has 0 amide bonds. The van der Waals surface area contributed by atoms with Gasteiger partial charge in [0.2, 0.25) is 5.82 Å². The number of terminal acetylenes is 1. The van der Waals surface area contributed by atoms with Crippen LogP contribution in [0.4, 0.5) is 19.0 Å². The molecule has 1 heterocycles. The van der Waals surface area contributed by atoms with Crippen LogP contribution in [0.15, 0.2) is 6.07 Å². The maximum Gasteiger partial charge on any atom is 0.451 e. The first-order valence-corrected chi connectivity index (χ1v) is 5.59. The lowest BCUT2D eigenvalue weighted by molar-refractivity contribution is -0.144. The fourth-order valence-electron chi connectivity index (χ4n) is 1.28. The highest BCUT2D eigenvalue weighted by Crippen LogP contribution is 2.28. The molecule has 1 N–H and O–H groups in total. The van der Waals surface area contributed by atoms with Crippen LogP contribution in [0.5, 0.6) is 0 Å². The van der Waals surface area contributed by atoms with Crippen LogP contribution >= 0.6 is 11.6 Å². The Labute approximate surface area is 108 Å². The summed E-state index contributed by atoms with van der Waals surface area (Å²) in [5.41, 5.74) is 0. The molecule has 0 radical (unpaired) electrons. The molecule has 0 fully saturated rings. The van der Waals surface area contributed by atoms with Crippen LogP contribution in [0.3, 0.4) is 0 Å². The van der Waals surface area contributed by atoms with Gasteiger partial charge in [0.25, 0.3) is 0 Å². The van der Waals surface area contributed by atoms with Gasteiger partial charge in [0.05, 0.1) is 6.04 Å². The monoisotopic (exact) mass is 277 g/mol. The first kappa shape index (κ1) is 14.6. The van der Waals surface area contributed by atoms with Gasteiger partial charge >= 0.3 is 6.18 Å². The average Bonchev–Trinajstić information content (AvgIpc) is 2.26. The summed E-state index contributed by atoms with van der Waals surface area (Å²) >= 11 is 5.52. The molecule has 18 heavy (non-hydrogen) atoms. The quantitative estimate of drug-likeness (QED) is 0.677. The molecule has 0 aliphatic rings. The molecule has 0 aromatic carbocycles. The normalized spacial score (nSPS) is 12.9. The van der Waals surface area contributed by atoms with E-state index in [0.717, 1.165) is 6.42 Å². The largest absolute Gasteiger partial charge is 0.451 e. The van der Waals surface area contributed by atoms with Gasteiger partial charge < -0.3 is 5.32 Å². The topological polar surface area (TPSA) is 37.8 Å². The Balaban J connectivity index is 2.97. The number of nitrogens with zero attached hydrogens (tertiary/aromatic N) is 2. The third kappa shape index (κ3) is 4.08. The van der Waals surface area contributed by atoms with E-state index < -0.39 is 12.0 Å². The molecule has 0 bridgehead atoms. The van der Waals surface area contributed by atoms with Crippen LogP contribution in [-0.2, 0) is 6.18 Å². The number of aromatic nitrogens is 2. The van der Waals surface area contributed by atoms with Crippen molar-refractivity contribution in [1.82, 2.24) is 9.97 Å². The summed E-state index contributed by atoms with van der Waals surface area (Å²) in [6.07, 6.45) is 2.04. The molecule has 98 valence electrons. The Morgan fingerprint density at radius 2 is 2.17 bits per heavy atom. The first-order valence-electron chi connectivity index (χ1n) is 5.21. The van der Waals surface area contributed by atoms with Crippen molar-refractivity contribution < 1.29 is 13.2 Å². The number of hydrogen-bond donors (Lipinski definition) is 1. The second kappa shape index (κ2) is 5.91. The van der Waals surface area contributed by atoms with Crippen molar-refractivity contribution in [3.05, 3.63) is 17.0 Å². The molecule has 3 nitrogen and oxygen atoms in total. The van der Waals surface area contributed by atoms with Gasteiger partial charge in [-0.2, -0.15) is 13.2 Å². The molecule has 0 saturated heterocycles. The van der Waals surface area contributed by atoms with E-state index >= 15 is 0 Å². The molecule has 0 saturated carbocycles. The van der Waals surface area contributed by atoms with E-state index in [1.165, 1.54) is 6.07 Å². The van der Waals surface area contributed by atoms with E-state index in [2.05, 4.69) is 21.2 Å². The van der Waals surface area contributed by atoms with Gasteiger partial charge in [-0.25, -0.2) is 9.97 Å². The second-order valence-corrected chi connectivity index (χ2v) is 3.94. The van der Waals surface area contributed by atoms with Crippen molar-refractivity contribution in [1.29, 1.82) is 0 Å². The van der Waals surface area contributed by atoms with Gasteiger partial charge in [-0.3, -0.25) is 0 Å². The molecule has 1 atom stereocenters. The lowest BCUT2D eigenvalue weighted by atomic mass is 10.2. The van der Waals surface area contributed by atoms with Gasteiger partial charge in [-0.05, 0) is 6.42 Å². The van der Waals surface area contributed by atoms with E-state index in [1.807, 2.05) is 6.92 Å². The Morgan fingerprint density at radius 1 is 1.50 bits per heavy atom. The minimum Gasteiger partial charge on any atom is -0.356 e. The van der Waals surface area contributed by atoms with E-state index in [-0.39, 0.29) is 17.0 Å². The van der Waals surface area contributed by atoms with Crippen molar-refractivity contribution in [2.75, 3.05) is 5.32 Å². The number of nitrogens with one attached hydrogen (secondary N) is 1. The van der Waals surface area contributed by atoms with E-state index in [9.17, 15) is 13.2 Å². The van der Waals surface area contributed by atoms with Crippen molar-refractivity contribution >= 4 is 17.4 Å². The fourth-order valence-corrected chi connectivity index (χ4v) is 1.47. The van der Waals surface area contributed by atoms with Crippen LogP contribution < -0.4 is 5.32 Å². The van der Waals surface area contributed by atoms with Crippen LogP contribution in [-0.4, -0.2) is 16.0 Å². The molecule has 7 heteroatoms. The molecule has 0 aliphatic carbocycles. The minimum absolute atomic E-state index is 0.0290. The predicted octanol–water partition coefficient (Wildman–Crippen LogP) is 3.36. The van der Waals surface area contributed by atoms with Crippen LogP contribution in [0.1, 0.15) is 25.6 Å². The predicted molar refractivity (Wildman–Crippen MR) is 63.2 cm³/mol. The Morgan fingerprint density at radius 3 is 2.67 bits per heavy atom. The summed E-state index contributed by atoms with van der Waals surface area (Å²) in [4.78, 5) is 6.47. The third-order valence-electron chi connectivity index (χ3n) is 2.05. The van der Waals surface area contributed by atoms with Crippen molar-refractivity contribution in [3.63, 3.8) is 0 Å².